The summed E-state index contributed by atoms with van der Waals surface area (Å²) in [6.45, 7) is 8.88. The average molecular weight is 794 g/mol. The van der Waals surface area contributed by atoms with Gasteiger partial charge in [-0.2, -0.15) is 0 Å². The smallest absolute Gasteiger partial charge is 0.323 e. The molecule has 0 saturated carbocycles. The highest BCUT2D eigenvalue weighted by Gasteiger charge is 2.33. The Kier molecular flexibility index (Phi) is 36.3. The van der Waals surface area contributed by atoms with Gasteiger partial charge in [-0.05, 0) is 77.2 Å². The first-order chi connectivity index (χ1) is 27.4. The summed E-state index contributed by atoms with van der Waals surface area (Å²) in [5.41, 5.74) is 0. The molecule has 0 aromatic heterocycles. The predicted molar refractivity (Wildman–Crippen MR) is 232 cm³/mol. The number of esters is 3. The van der Waals surface area contributed by atoms with Gasteiger partial charge in [0.1, 0.15) is 12.1 Å². The normalized spacial score (nSPS) is 16.0. The van der Waals surface area contributed by atoms with Gasteiger partial charge in [0.2, 0.25) is 0 Å². The Balaban J connectivity index is 2.18. The number of likely N-dealkylation sites (tertiary alicyclic amines) is 1. The van der Waals surface area contributed by atoms with Crippen LogP contribution in [0.25, 0.3) is 0 Å². The second kappa shape index (κ2) is 38.8. The third kappa shape index (κ3) is 31.3. The lowest BCUT2D eigenvalue weighted by Gasteiger charge is -2.36. The van der Waals surface area contributed by atoms with Crippen molar-refractivity contribution < 1.29 is 33.7 Å². The van der Waals surface area contributed by atoms with Crippen molar-refractivity contribution in [3.8, 4) is 0 Å². The van der Waals surface area contributed by atoms with E-state index in [0.29, 0.717) is 52.0 Å². The number of hydrogen-bond donors (Lipinski definition) is 1. The van der Waals surface area contributed by atoms with E-state index in [1.165, 1.54) is 109 Å². The Morgan fingerprint density at radius 2 is 0.946 bits per heavy atom. The zero-order valence-corrected chi connectivity index (χ0v) is 37.2. The SMILES string of the molecule is CCCCCCCCCCCOC(=O)CCCCCN1C[C@H](O)CC[C@H]1C(=O)OCCCCCCCC(=O)OC(CCCCCCCC)CCCCCCCC. The van der Waals surface area contributed by atoms with E-state index >= 15 is 0 Å². The van der Waals surface area contributed by atoms with Crippen LogP contribution < -0.4 is 0 Å². The number of β-amino-alcohol motifs (C(OH)–C–C–N with tert-alkyl or cyclic N) is 1. The fourth-order valence-corrected chi connectivity index (χ4v) is 7.95. The van der Waals surface area contributed by atoms with Gasteiger partial charge in [-0.1, -0.05) is 162 Å². The van der Waals surface area contributed by atoms with Crippen LogP contribution in [0.2, 0.25) is 0 Å². The van der Waals surface area contributed by atoms with Crippen LogP contribution in [0.4, 0.5) is 0 Å². The van der Waals surface area contributed by atoms with Crippen molar-refractivity contribution in [3.05, 3.63) is 0 Å². The van der Waals surface area contributed by atoms with Gasteiger partial charge in [0, 0.05) is 19.4 Å². The van der Waals surface area contributed by atoms with Crippen LogP contribution in [-0.4, -0.2) is 72.5 Å². The van der Waals surface area contributed by atoms with Gasteiger partial charge >= 0.3 is 17.9 Å². The maximum atomic E-state index is 13.0. The highest BCUT2D eigenvalue weighted by Crippen LogP contribution is 2.21. The number of aliphatic hydroxyl groups excluding tert-OH is 1. The van der Waals surface area contributed by atoms with E-state index in [-0.39, 0.29) is 30.1 Å². The van der Waals surface area contributed by atoms with Crippen molar-refractivity contribution >= 4 is 17.9 Å². The van der Waals surface area contributed by atoms with Crippen molar-refractivity contribution in [2.75, 3.05) is 26.3 Å². The Morgan fingerprint density at radius 1 is 0.518 bits per heavy atom. The molecule has 8 nitrogen and oxygen atoms in total. The van der Waals surface area contributed by atoms with Gasteiger partial charge in [-0.15, -0.1) is 0 Å². The number of nitrogens with zero attached hydrogens (tertiary/aromatic N) is 1. The molecule has 1 N–H and O–H groups in total. The van der Waals surface area contributed by atoms with E-state index in [4.69, 9.17) is 14.2 Å². The first-order valence-corrected chi connectivity index (χ1v) is 24.3. The molecule has 0 spiro atoms. The minimum absolute atomic E-state index is 0.0369. The number of carbonyl (C=O) groups is 3. The van der Waals surface area contributed by atoms with Gasteiger partial charge in [0.05, 0.1) is 19.3 Å². The first kappa shape index (κ1) is 52.3. The van der Waals surface area contributed by atoms with Gasteiger partial charge in [-0.3, -0.25) is 19.3 Å². The van der Waals surface area contributed by atoms with E-state index in [1.54, 1.807) is 0 Å². The Bertz CT molecular complexity index is 898. The van der Waals surface area contributed by atoms with E-state index in [1.807, 2.05) is 0 Å². The number of carbonyl (C=O) groups excluding carboxylic acids is 3. The highest BCUT2D eigenvalue weighted by atomic mass is 16.5. The van der Waals surface area contributed by atoms with Crippen LogP contribution in [-0.2, 0) is 28.6 Å². The molecular weight excluding hydrogens is 703 g/mol. The standard InChI is InChI=1S/C48H91NO7/c1-4-7-10-13-16-17-18-23-31-40-54-46(51)35-29-25-30-39-49-42-43(50)37-38-45(49)48(53)55-41-32-24-19-22-28-36-47(52)56-44(33-26-20-14-11-8-5-2)34-27-21-15-12-9-6-3/h43-45,50H,4-42H2,1-3H3/t43-,45+/m1/s1. The summed E-state index contributed by atoms with van der Waals surface area (Å²) >= 11 is 0. The Hall–Kier alpha value is -1.67. The molecule has 8 heteroatoms. The molecule has 1 saturated heterocycles. The van der Waals surface area contributed by atoms with Crippen LogP contribution in [0.1, 0.15) is 245 Å². The summed E-state index contributed by atoms with van der Waals surface area (Å²) in [5, 5.41) is 10.3. The molecule has 0 aliphatic carbocycles. The summed E-state index contributed by atoms with van der Waals surface area (Å²) in [5.74, 6) is -0.329. The number of piperidine rings is 1. The zero-order chi connectivity index (χ0) is 40.7. The van der Waals surface area contributed by atoms with Gasteiger partial charge in [-0.25, -0.2) is 0 Å². The molecule has 2 atom stereocenters. The molecular formula is C48H91NO7. The third-order valence-electron chi connectivity index (χ3n) is 11.6. The summed E-state index contributed by atoms with van der Waals surface area (Å²) in [6.07, 6.45) is 37.4. The molecule has 1 aliphatic rings. The summed E-state index contributed by atoms with van der Waals surface area (Å²) < 4.78 is 17.1. The van der Waals surface area contributed by atoms with Gasteiger partial charge in [0.25, 0.3) is 0 Å². The predicted octanol–water partition coefficient (Wildman–Crippen LogP) is 12.7. The minimum atomic E-state index is -0.418. The first-order valence-electron chi connectivity index (χ1n) is 24.3. The number of hydrogen-bond acceptors (Lipinski definition) is 8. The molecule has 0 aromatic carbocycles. The third-order valence-corrected chi connectivity index (χ3v) is 11.6. The second-order valence-electron chi connectivity index (χ2n) is 17.0. The lowest BCUT2D eigenvalue weighted by atomic mass is 9.99. The van der Waals surface area contributed by atoms with E-state index in [9.17, 15) is 19.5 Å². The van der Waals surface area contributed by atoms with Crippen LogP contribution in [0.3, 0.4) is 0 Å². The van der Waals surface area contributed by atoms with Crippen molar-refractivity contribution in [3.63, 3.8) is 0 Å². The quantitative estimate of drug-likeness (QED) is 0.0372. The zero-order valence-electron chi connectivity index (χ0n) is 37.2. The Labute approximate surface area is 345 Å². The molecule has 330 valence electrons. The molecule has 56 heavy (non-hydrogen) atoms. The fraction of sp³-hybridized carbons (Fsp3) is 0.938. The van der Waals surface area contributed by atoms with Crippen molar-refractivity contribution in [1.29, 1.82) is 0 Å². The molecule has 1 rings (SSSR count). The van der Waals surface area contributed by atoms with Crippen molar-refractivity contribution in [2.45, 2.75) is 264 Å². The van der Waals surface area contributed by atoms with Gasteiger partial charge in [0.15, 0.2) is 0 Å². The number of aliphatic hydroxyl groups is 1. The highest BCUT2D eigenvalue weighted by molar-refractivity contribution is 5.76. The van der Waals surface area contributed by atoms with E-state index in [0.717, 1.165) is 89.9 Å². The molecule has 1 fully saturated rings. The van der Waals surface area contributed by atoms with Crippen molar-refractivity contribution in [1.82, 2.24) is 4.90 Å². The molecule has 0 aromatic rings. The lowest BCUT2D eigenvalue weighted by molar-refractivity contribution is -0.153. The maximum Gasteiger partial charge on any atom is 0.323 e. The summed E-state index contributed by atoms with van der Waals surface area (Å²) in [4.78, 5) is 40.0. The summed E-state index contributed by atoms with van der Waals surface area (Å²) in [7, 11) is 0. The summed E-state index contributed by atoms with van der Waals surface area (Å²) in [6, 6.07) is -0.309. The Morgan fingerprint density at radius 3 is 1.48 bits per heavy atom. The number of unbranched alkanes of at least 4 members (excludes halogenated alkanes) is 24. The molecule has 0 bridgehead atoms. The van der Waals surface area contributed by atoms with Crippen LogP contribution >= 0.6 is 0 Å². The molecule has 0 unspecified atom stereocenters. The van der Waals surface area contributed by atoms with E-state index < -0.39 is 6.10 Å². The van der Waals surface area contributed by atoms with Crippen LogP contribution in [0, 0.1) is 0 Å². The fourth-order valence-electron chi connectivity index (χ4n) is 7.95. The molecule has 0 amide bonds. The van der Waals surface area contributed by atoms with Crippen LogP contribution in [0.15, 0.2) is 0 Å². The minimum Gasteiger partial charge on any atom is -0.466 e. The van der Waals surface area contributed by atoms with Crippen molar-refractivity contribution in [2.24, 2.45) is 0 Å². The topological polar surface area (TPSA) is 102 Å². The monoisotopic (exact) mass is 794 g/mol. The number of rotatable bonds is 40. The molecule has 1 heterocycles. The van der Waals surface area contributed by atoms with Gasteiger partial charge < -0.3 is 19.3 Å². The number of ether oxygens (including phenoxy) is 3. The molecule has 0 radical (unpaired) electrons. The molecule has 1 aliphatic heterocycles. The van der Waals surface area contributed by atoms with Crippen LogP contribution in [0.5, 0.6) is 0 Å². The maximum absolute atomic E-state index is 13.0. The lowest BCUT2D eigenvalue weighted by Crippen LogP contribution is -2.50. The largest absolute Gasteiger partial charge is 0.466 e. The average Bonchev–Trinajstić information content (AvgIpc) is 3.18. The van der Waals surface area contributed by atoms with E-state index in [2.05, 4.69) is 25.7 Å². The second-order valence-corrected chi connectivity index (χ2v) is 17.0.